The van der Waals surface area contributed by atoms with E-state index in [2.05, 4.69) is 25.6 Å². The number of nitrogens with one attached hydrogen (secondary N) is 1. The van der Waals surface area contributed by atoms with Gasteiger partial charge in [0.25, 0.3) is 0 Å². The number of thiazole rings is 1. The molecule has 0 spiro atoms. The second kappa shape index (κ2) is 6.26. The number of aromatic nitrogens is 1. The van der Waals surface area contributed by atoms with Gasteiger partial charge in [0.15, 0.2) is 4.67 Å². The van der Waals surface area contributed by atoms with Crippen molar-refractivity contribution < 1.29 is 22.7 Å². The predicted molar refractivity (Wildman–Crippen MR) is 79.1 cm³/mol. The third kappa shape index (κ3) is 3.70. The molecule has 1 unspecified atom stereocenters. The Labute approximate surface area is 133 Å². The zero-order valence-electron chi connectivity index (χ0n) is 10.7. The van der Waals surface area contributed by atoms with Crippen LogP contribution in [0, 0.1) is 0 Å². The maximum Gasteiger partial charge on any atom is 0.371 e. The molecular formula is C11H11BrN2O5S2. The van der Waals surface area contributed by atoms with Gasteiger partial charge in [0.1, 0.15) is 4.90 Å². The summed E-state index contributed by atoms with van der Waals surface area (Å²) in [6, 6.07) is 0.961. The van der Waals surface area contributed by atoms with E-state index in [1.807, 2.05) is 12.3 Å². The number of rotatable bonds is 6. The maximum absolute atomic E-state index is 12.2. The van der Waals surface area contributed by atoms with Crippen LogP contribution in [0.5, 0.6) is 0 Å². The molecule has 2 aromatic rings. The minimum atomic E-state index is -3.87. The number of carboxylic acids is 1. The second-order valence-corrected chi connectivity index (χ2v) is 7.56. The minimum absolute atomic E-state index is 0.0932. The lowest BCUT2D eigenvalue weighted by Gasteiger charge is -2.09. The Morgan fingerprint density at radius 1 is 1.62 bits per heavy atom. The van der Waals surface area contributed by atoms with Crippen molar-refractivity contribution >= 4 is 43.3 Å². The molecule has 2 aromatic heterocycles. The quantitative estimate of drug-likeness (QED) is 0.777. The van der Waals surface area contributed by atoms with Crippen LogP contribution in [0.4, 0.5) is 0 Å². The summed E-state index contributed by atoms with van der Waals surface area (Å²) in [5.74, 6) is -1.88. The Kier molecular flexibility index (Phi) is 4.81. The van der Waals surface area contributed by atoms with Crippen molar-refractivity contribution in [2.24, 2.45) is 0 Å². The zero-order valence-corrected chi connectivity index (χ0v) is 14.0. The highest BCUT2D eigenvalue weighted by Gasteiger charge is 2.25. The summed E-state index contributed by atoms with van der Waals surface area (Å²) in [6.07, 6.45) is 1.65. The molecule has 0 aliphatic rings. The number of carboxylic acid groups (broad SMARTS) is 1. The van der Waals surface area contributed by atoms with Gasteiger partial charge in [0, 0.05) is 30.1 Å². The van der Waals surface area contributed by atoms with E-state index < -0.39 is 21.8 Å². The van der Waals surface area contributed by atoms with E-state index in [1.54, 1.807) is 6.20 Å². The molecule has 0 aromatic carbocycles. The second-order valence-electron chi connectivity index (χ2n) is 4.18. The molecule has 0 bridgehead atoms. The fourth-order valence-corrected chi connectivity index (χ4v) is 4.29. The Morgan fingerprint density at radius 2 is 2.33 bits per heavy atom. The SMILES string of the molecule is CC(CNS(=O)(=O)c1cc(C(=O)O)oc1Br)c1nccs1. The van der Waals surface area contributed by atoms with E-state index in [4.69, 9.17) is 9.52 Å². The molecule has 1 atom stereocenters. The molecule has 2 rings (SSSR count). The van der Waals surface area contributed by atoms with Crippen LogP contribution in [0.1, 0.15) is 28.4 Å². The normalized spacial score (nSPS) is 13.2. The van der Waals surface area contributed by atoms with Gasteiger partial charge < -0.3 is 9.52 Å². The molecule has 0 aliphatic carbocycles. The van der Waals surface area contributed by atoms with E-state index in [-0.39, 0.29) is 22.0 Å². The first kappa shape index (κ1) is 16.1. The first-order chi connectivity index (χ1) is 9.81. The maximum atomic E-state index is 12.2. The topological polar surface area (TPSA) is 110 Å². The first-order valence-electron chi connectivity index (χ1n) is 5.73. The molecule has 21 heavy (non-hydrogen) atoms. The molecular weight excluding hydrogens is 384 g/mol. The van der Waals surface area contributed by atoms with Gasteiger partial charge in [-0.1, -0.05) is 6.92 Å². The predicted octanol–water partition coefficient (Wildman–Crippen LogP) is 2.28. The average Bonchev–Trinajstić information content (AvgIpc) is 3.05. The molecule has 114 valence electrons. The fourth-order valence-electron chi connectivity index (χ4n) is 1.52. The van der Waals surface area contributed by atoms with E-state index in [0.717, 1.165) is 11.1 Å². The molecule has 0 fully saturated rings. The third-order valence-corrected chi connectivity index (χ3v) is 5.90. The van der Waals surface area contributed by atoms with Crippen LogP contribution in [0.25, 0.3) is 0 Å². The Balaban J connectivity index is 2.13. The summed E-state index contributed by atoms with van der Waals surface area (Å²) in [6.45, 7) is 1.99. The third-order valence-electron chi connectivity index (χ3n) is 2.61. The number of hydrogen-bond acceptors (Lipinski definition) is 6. The summed E-state index contributed by atoms with van der Waals surface area (Å²) < 4.78 is 31.4. The molecule has 0 radical (unpaired) electrons. The number of carbonyl (C=O) groups is 1. The van der Waals surface area contributed by atoms with Crippen LogP contribution in [-0.4, -0.2) is 31.0 Å². The van der Waals surface area contributed by atoms with Crippen molar-refractivity contribution in [3.63, 3.8) is 0 Å². The molecule has 7 nitrogen and oxygen atoms in total. The summed E-state index contributed by atoms with van der Waals surface area (Å²) in [5, 5.41) is 11.4. The summed E-state index contributed by atoms with van der Waals surface area (Å²) >= 11 is 4.34. The van der Waals surface area contributed by atoms with Crippen molar-refractivity contribution in [3.8, 4) is 0 Å². The molecule has 0 aliphatic heterocycles. The van der Waals surface area contributed by atoms with E-state index in [1.165, 1.54) is 11.3 Å². The lowest BCUT2D eigenvalue weighted by Crippen LogP contribution is -2.27. The van der Waals surface area contributed by atoms with Gasteiger partial charge in [-0.15, -0.1) is 11.3 Å². The van der Waals surface area contributed by atoms with Gasteiger partial charge in [-0.2, -0.15) is 0 Å². The van der Waals surface area contributed by atoms with E-state index in [0.29, 0.717) is 0 Å². The number of halogens is 1. The van der Waals surface area contributed by atoms with Crippen molar-refractivity contribution in [1.82, 2.24) is 9.71 Å². The van der Waals surface area contributed by atoms with Crippen molar-refractivity contribution in [3.05, 3.63) is 33.1 Å². The lowest BCUT2D eigenvalue weighted by molar-refractivity contribution is 0.0661. The summed E-state index contributed by atoms with van der Waals surface area (Å²) in [5.41, 5.74) is 0. The smallest absolute Gasteiger partial charge is 0.371 e. The van der Waals surface area contributed by atoms with Crippen molar-refractivity contribution in [2.75, 3.05) is 6.54 Å². The van der Waals surface area contributed by atoms with Crippen molar-refractivity contribution in [2.45, 2.75) is 17.7 Å². The first-order valence-corrected chi connectivity index (χ1v) is 8.88. The van der Waals surface area contributed by atoms with Gasteiger partial charge in [0.2, 0.25) is 15.8 Å². The average molecular weight is 395 g/mol. The molecule has 10 heteroatoms. The van der Waals surface area contributed by atoms with E-state index in [9.17, 15) is 13.2 Å². The minimum Gasteiger partial charge on any atom is -0.475 e. The van der Waals surface area contributed by atoms with Crippen LogP contribution in [0.3, 0.4) is 0 Å². The zero-order chi connectivity index (χ0) is 15.6. The Hall–Kier alpha value is -1.23. The van der Waals surface area contributed by atoms with Gasteiger partial charge >= 0.3 is 5.97 Å². The van der Waals surface area contributed by atoms with Crippen molar-refractivity contribution in [1.29, 1.82) is 0 Å². The number of sulfonamides is 1. The number of hydrogen-bond donors (Lipinski definition) is 2. The summed E-state index contributed by atoms with van der Waals surface area (Å²) in [4.78, 5) is 14.6. The van der Waals surface area contributed by atoms with Crippen LogP contribution in [0.15, 0.2) is 31.6 Å². The molecule has 2 N–H and O–H groups in total. The highest BCUT2D eigenvalue weighted by atomic mass is 79.9. The lowest BCUT2D eigenvalue weighted by atomic mass is 10.2. The monoisotopic (exact) mass is 394 g/mol. The molecule has 2 heterocycles. The summed E-state index contributed by atoms with van der Waals surface area (Å²) in [7, 11) is -3.87. The van der Waals surface area contributed by atoms with Crippen LogP contribution >= 0.6 is 27.3 Å². The standard InChI is InChI=1S/C11H11BrN2O5S2/c1-6(10-13-2-3-20-10)5-14-21(17,18)8-4-7(11(15)16)19-9(8)12/h2-4,6,14H,5H2,1H3,(H,15,16). The molecule has 0 amide bonds. The highest BCUT2D eigenvalue weighted by Crippen LogP contribution is 2.26. The van der Waals surface area contributed by atoms with Crippen LogP contribution in [-0.2, 0) is 10.0 Å². The Morgan fingerprint density at radius 3 is 2.86 bits per heavy atom. The number of nitrogens with zero attached hydrogens (tertiary/aromatic N) is 1. The number of aromatic carboxylic acids is 1. The highest BCUT2D eigenvalue weighted by molar-refractivity contribution is 9.10. The molecule has 0 saturated heterocycles. The number of furan rings is 1. The van der Waals surface area contributed by atoms with E-state index >= 15 is 0 Å². The van der Waals surface area contributed by atoms with Crippen LogP contribution in [0.2, 0.25) is 0 Å². The Bertz CT molecular complexity index is 739. The largest absolute Gasteiger partial charge is 0.475 e. The van der Waals surface area contributed by atoms with Gasteiger partial charge in [-0.25, -0.2) is 22.9 Å². The fraction of sp³-hybridized carbons (Fsp3) is 0.273. The molecule has 0 saturated carbocycles. The van der Waals surface area contributed by atoms with Gasteiger partial charge in [0.05, 0.1) is 5.01 Å². The van der Waals surface area contributed by atoms with Gasteiger partial charge in [-0.3, -0.25) is 0 Å². The van der Waals surface area contributed by atoms with Gasteiger partial charge in [-0.05, 0) is 15.9 Å². The van der Waals surface area contributed by atoms with Crippen LogP contribution < -0.4 is 4.72 Å².